The molecule has 0 saturated heterocycles. The Bertz CT molecular complexity index is 485. The van der Waals surface area contributed by atoms with Crippen LogP contribution in [0.25, 0.3) is 5.57 Å². The lowest BCUT2D eigenvalue weighted by molar-refractivity contribution is 0.496. The maximum Gasteiger partial charge on any atom is 0.195 e. The highest BCUT2D eigenvalue weighted by molar-refractivity contribution is 7.11. The molecule has 2 heterocycles. The van der Waals surface area contributed by atoms with Crippen molar-refractivity contribution in [2.45, 2.75) is 25.3 Å². The van der Waals surface area contributed by atoms with Crippen molar-refractivity contribution in [1.29, 1.82) is 0 Å². The van der Waals surface area contributed by atoms with Crippen molar-refractivity contribution in [2.75, 3.05) is 0 Å². The first-order valence-corrected chi connectivity index (χ1v) is 6.14. The second kappa shape index (κ2) is 2.86. The molecule has 4 heteroatoms. The highest BCUT2D eigenvalue weighted by Gasteiger charge is 2.45. The van der Waals surface area contributed by atoms with Crippen molar-refractivity contribution in [1.82, 2.24) is 5.32 Å². The minimum atomic E-state index is 0.0589. The van der Waals surface area contributed by atoms with Gasteiger partial charge in [-0.15, -0.1) is 11.3 Å². The number of fused-ring (bicyclic) bond motifs is 3. The van der Waals surface area contributed by atoms with Gasteiger partial charge in [0.25, 0.3) is 0 Å². The summed E-state index contributed by atoms with van der Waals surface area (Å²) in [5, 5.41) is 5.62. The molecule has 1 aromatic heterocycles. The fourth-order valence-electron chi connectivity index (χ4n) is 2.36. The number of amidine groups is 1. The normalized spacial score (nSPS) is 26.2. The van der Waals surface area contributed by atoms with E-state index in [0.29, 0.717) is 5.29 Å². The van der Waals surface area contributed by atoms with Gasteiger partial charge >= 0.3 is 0 Å². The SMILES string of the molecule is CC1(C)c2ccsc2C2=CNC(Cl)=NC21. The molecule has 1 aromatic rings. The molecule has 0 bridgehead atoms. The van der Waals surface area contributed by atoms with Crippen molar-refractivity contribution < 1.29 is 0 Å². The largest absolute Gasteiger partial charge is 0.337 e. The number of hydrogen-bond acceptors (Lipinski definition) is 3. The first kappa shape index (κ1) is 9.43. The van der Waals surface area contributed by atoms with Crippen LogP contribution in [0.15, 0.2) is 22.6 Å². The fourth-order valence-corrected chi connectivity index (χ4v) is 3.62. The van der Waals surface area contributed by atoms with Gasteiger partial charge in [-0.2, -0.15) is 0 Å². The van der Waals surface area contributed by atoms with Crippen molar-refractivity contribution in [3.8, 4) is 0 Å². The van der Waals surface area contributed by atoms with Crippen LogP contribution in [-0.2, 0) is 5.41 Å². The van der Waals surface area contributed by atoms with Gasteiger partial charge in [0.05, 0.1) is 6.04 Å². The van der Waals surface area contributed by atoms with E-state index in [1.165, 1.54) is 16.0 Å². The minimum Gasteiger partial charge on any atom is -0.337 e. The molecule has 0 radical (unpaired) electrons. The smallest absolute Gasteiger partial charge is 0.195 e. The van der Waals surface area contributed by atoms with E-state index in [4.69, 9.17) is 11.6 Å². The molecule has 0 fully saturated rings. The zero-order valence-electron chi connectivity index (χ0n) is 8.54. The number of nitrogens with zero attached hydrogens (tertiary/aromatic N) is 1. The Hall–Kier alpha value is -0.800. The average molecular weight is 239 g/mol. The summed E-state index contributed by atoms with van der Waals surface area (Å²) in [5.74, 6) is 0. The topological polar surface area (TPSA) is 24.4 Å². The number of nitrogens with one attached hydrogen (secondary N) is 1. The van der Waals surface area contributed by atoms with Crippen molar-refractivity contribution >= 4 is 33.8 Å². The van der Waals surface area contributed by atoms with E-state index in [1.54, 1.807) is 11.3 Å². The first-order valence-electron chi connectivity index (χ1n) is 4.89. The molecule has 0 saturated carbocycles. The van der Waals surface area contributed by atoms with E-state index in [-0.39, 0.29) is 11.5 Å². The Balaban J connectivity index is 2.22. The Kier molecular flexibility index (Phi) is 1.80. The maximum atomic E-state index is 5.92. The molecular weight excluding hydrogens is 228 g/mol. The van der Waals surface area contributed by atoms with Gasteiger partial charge in [-0.3, -0.25) is 0 Å². The standard InChI is InChI=1S/C11H11ClN2S/c1-11(2)7-3-4-15-8(7)6-5-13-10(12)14-9(6)11/h3-5,9H,1-2H3,(H,13,14). The molecule has 1 N–H and O–H groups in total. The summed E-state index contributed by atoms with van der Waals surface area (Å²) < 4.78 is 0. The lowest BCUT2D eigenvalue weighted by atomic mass is 9.83. The maximum absolute atomic E-state index is 5.92. The van der Waals surface area contributed by atoms with Crippen LogP contribution in [0.5, 0.6) is 0 Å². The second-order valence-electron chi connectivity index (χ2n) is 4.45. The predicted molar refractivity (Wildman–Crippen MR) is 65.5 cm³/mol. The number of halogens is 1. The molecular formula is C11H11ClN2S. The van der Waals surface area contributed by atoms with Gasteiger partial charge in [-0.25, -0.2) is 4.99 Å². The molecule has 0 amide bonds. The van der Waals surface area contributed by atoms with Gasteiger partial charge in [0.1, 0.15) is 0 Å². The van der Waals surface area contributed by atoms with Gasteiger partial charge < -0.3 is 5.32 Å². The van der Waals surface area contributed by atoms with E-state index in [9.17, 15) is 0 Å². The van der Waals surface area contributed by atoms with Crippen LogP contribution in [0.1, 0.15) is 24.3 Å². The zero-order chi connectivity index (χ0) is 10.6. The Morgan fingerprint density at radius 1 is 1.53 bits per heavy atom. The fraction of sp³-hybridized carbons (Fsp3) is 0.364. The third-order valence-corrected chi connectivity index (χ3v) is 4.36. The van der Waals surface area contributed by atoms with E-state index in [2.05, 4.69) is 35.6 Å². The molecule has 3 rings (SSSR count). The van der Waals surface area contributed by atoms with Crippen LogP contribution in [-0.4, -0.2) is 11.3 Å². The first-order chi connectivity index (χ1) is 7.10. The van der Waals surface area contributed by atoms with Gasteiger partial charge in [0.15, 0.2) is 5.29 Å². The van der Waals surface area contributed by atoms with E-state index < -0.39 is 0 Å². The summed E-state index contributed by atoms with van der Waals surface area (Å²) in [4.78, 5) is 5.85. The Morgan fingerprint density at radius 3 is 3.13 bits per heavy atom. The second-order valence-corrected chi connectivity index (χ2v) is 5.73. The summed E-state index contributed by atoms with van der Waals surface area (Å²) in [6, 6.07) is 2.37. The molecule has 78 valence electrons. The Morgan fingerprint density at radius 2 is 2.33 bits per heavy atom. The molecule has 1 aliphatic carbocycles. The van der Waals surface area contributed by atoms with Crippen molar-refractivity contribution in [2.24, 2.45) is 4.99 Å². The third-order valence-electron chi connectivity index (χ3n) is 3.19. The van der Waals surface area contributed by atoms with Crippen LogP contribution in [0.4, 0.5) is 0 Å². The summed E-state index contributed by atoms with van der Waals surface area (Å²) in [6.07, 6.45) is 1.99. The predicted octanol–water partition coefficient (Wildman–Crippen LogP) is 2.95. The number of thiophene rings is 1. The van der Waals surface area contributed by atoms with Crippen LogP contribution >= 0.6 is 22.9 Å². The zero-order valence-corrected chi connectivity index (χ0v) is 10.1. The molecule has 15 heavy (non-hydrogen) atoms. The van der Waals surface area contributed by atoms with Gasteiger partial charge in [0, 0.05) is 22.1 Å². The highest BCUT2D eigenvalue weighted by atomic mass is 35.5. The highest BCUT2D eigenvalue weighted by Crippen LogP contribution is 2.50. The molecule has 0 aromatic carbocycles. The number of aliphatic imine (C=N–C) groups is 1. The molecule has 1 atom stereocenters. The Labute approximate surface area is 97.7 Å². The van der Waals surface area contributed by atoms with Crippen LogP contribution in [0, 0.1) is 0 Å². The van der Waals surface area contributed by atoms with Gasteiger partial charge in [-0.1, -0.05) is 13.8 Å². The molecule has 0 spiro atoms. The molecule has 1 unspecified atom stereocenters. The summed E-state index contributed by atoms with van der Waals surface area (Å²) in [5.41, 5.74) is 2.72. The van der Waals surface area contributed by atoms with Gasteiger partial charge in [0.2, 0.25) is 0 Å². The van der Waals surface area contributed by atoms with E-state index in [0.717, 1.165) is 0 Å². The lowest BCUT2D eigenvalue weighted by Gasteiger charge is -2.27. The summed E-state index contributed by atoms with van der Waals surface area (Å²) in [6.45, 7) is 4.45. The minimum absolute atomic E-state index is 0.0589. The number of hydrogen-bond donors (Lipinski definition) is 1. The van der Waals surface area contributed by atoms with Crippen LogP contribution in [0.3, 0.4) is 0 Å². The van der Waals surface area contributed by atoms with Crippen molar-refractivity contribution in [3.05, 3.63) is 28.1 Å². The quantitative estimate of drug-likeness (QED) is 0.691. The van der Waals surface area contributed by atoms with Gasteiger partial charge in [-0.05, 0) is 28.6 Å². The molecule has 2 aliphatic rings. The average Bonchev–Trinajstić information content (AvgIpc) is 2.72. The van der Waals surface area contributed by atoms with Crippen LogP contribution < -0.4 is 5.32 Å². The summed E-state index contributed by atoms with van der Waals surface area (Å²) >= 11 is 7.70. The monoisotopic (exact) mass is 238 g/mol. The van der Waals surface area contributed by atoms with Crippen molar-refractivity contribution in [3.63, 3.8) is 0 Å². The molecule has 1 aliphatic heterocycles. The van der Waals surface area contributed by atoms with E-state index >= 15 is 0 Å². The lowest BCUT2D eigenvalue weighted by Crippen LogP contribution is -2.32. The molecule has 2 nitrogen and oxygen atoms in total. The number of rotatable bonds is 0. The van der Waals surface area contributed by atoms with E-state index in [1.807, 2.05) is 6.20 Å². The summed E-state index contributed by atoms with van der Waals surface area (Å²) in [7, 11) is 0. The van der Waals surface area contributed by atoms with Crippen LogP contribution in [0.2, 0.25) is 0 Å². The third kappa shape index (κ3) is 1.13.